The summed E-state index contributed by atoms with van der Waals surface area (Å²) in [4.78, 5) is 16.1. The molecule has 116 valence electrons. The van der Waals surface area contributed by atoms with Gasteiger partial charge in [-0.25, -0.2) is 0 Å². The number of hydrogen-bond acceptors (Lipinski definition) is 5. The molecule has 0 spiro atoms. The Hall–Kier alpha value is -0.880. The van der Waals surface area contributed by atoms with Crippen LogP contribution in [0.1, 0.15) is 24.2 Å². The van der Waals surface area contributed by atoms with Crippen molar-refractivity contribution in [2.24, 2.45) is 5.73 Å². The van der Waals surface area contributed by atoms with E-state index in [2.05, 4.69) is 4.90 Å². The first-order chi connectivity index (χ1) is 10.1. The van der Waals surface area contributed by atoms with Gasteiger partial charge in [-0.15, -0.1) is 11.8 Å². The van der Waals surface area contributed by atoms with Crippen LogP contribution in [-0.4, -0.2) is 54.8 Å². The van der Waals surface area contributed by atoms with Gasteiger partial charge < -0.3 is 10.5 Å². The largest absolute Gasteiger partial charge is 0.379 e. The normalized spacial score (nSPS) is 16.9. The number of ether oxygens (including phenoxy) is 1. The number of morpholine rings is 1. The molecule has 2 rings (SSSR count). The second-order valence-corrected chi connectivity index (χ2v) is 6.82. The van der Waals surface area contributed by atoms with Crippen molar-refractivity contribution in [2.45, 2.75) is 24.3 Å². The standard InChI is InChI=1S/C16H24N2O2S/c1-16(2,18-8-10-20-11-9-18)15(19)13-3-5-14(6-4-13)21-12-7-17/h3-6H,7-12,17H2,1-2H3. The van der Waals surface area contributed by atoms with Crippen molar-refractivity contribution >= 4 is 17.5 Å². The van der Waals surface area contributed by atoms with Gasteiger partial charge in [-0.05, 0) is 26.0 Å². The molecule has 1 saturated heterocycles. The van der Waals surface area contributed by atoms with Crippen LogP contribution in [0.25, 0.3) is 0 Å². The van der Waals surface area contributed by atoms with Crippen LogP contribution in [0.15, 0.2) is 29.2 Å². The predicted octanol–water partition coefficient (Wildman–Crippen LogP) is 2.03. The molecule has 0 bridgehead atoms. The SMILES string of the molecule is CC(C)(C(=O)c1ccc(SCCN)cc1)N1CCOCC1. The number of carbonyl (C=O) groups is 1. The van der Waals surface area contributed by atoms with Crippen molar-refractivity contribution in [3.8, 4) is 0 Å². The second-order valence-electron chi connectivity index (χ2n) is 5.65. The molecule has 0 saturated carbocycles. The molecular weight excluding hydrogens is 284 g/mol. The maximum Gasteiger partial charge on any atom is 0.182 e. The van der Waals surface area contributed by atoms with E-state index in [1.165, 1.54) is 0 Å². The maximum atomic E-state index is 12.8. The molecule has 0 amide bonds. The maximum absolute atomic E-state index is 12.8. The summed E-state index contributed by atoms with van der Waals surface area (Å²) in [6.07, 6.45) is 0. The molecule has 1 aromatic rings. The molecule has 4 nitrogen and oxygen atoms in total. The van der Waals surface area contributed by atoms with Gasteiger partial charge in [-0.1, -0.05) is 12.1 Å². The van der Waals surface area contributed by atoms with Crippen LogP contribution in [0.3, 0.4) is 0 Å². The number of ketones is 1. The van der Waals surface area contributed by atoms with Gasteiger partial charge in [-0.3, -0.25) is 9.69 Å². The van der Waals surface area contributed by atoms with E-state index in [-0.39, 0.29) is 5.78 Å². The van der Waals surface area contributed by atoms with E-state index in [1.54, 1.807) is 11.8 Å². The molecule has 1 aliphatic rings. The van der Waals surface area contributed by atoms with Gasteiger partial charge in [0.1, 0.15) is 0 Å². The van der Waals surface area contributed by atoms with Crippen LogP contribution in [0.2, 0.25) is 0 Å². The highest BCUT2D eigenvalue weighted by Gasteiger charge is 2.35. The Bertz CT molecular complexity index is 468. The van der Waals surface area contributed by atoms with E-state index >= 15 is 0 Å². The topological polar surface area (TPSA) is 55.6 Å². The number of nitrogens with zero attached hydrogens (tertiary/aromatic N) is 1. The summed E-state index contributed by atoms with van der Waals surface area (Å²) in [7, 11) is 0. The van der Waals surface area contributed by atoms with E-state index < -0.39 is 5.54 Å². The second kappa shape index (κ2) is 7.40. The molecule has 5 heteroatoms. The summed E-state index contributed by atoms with van der Waals surface area (Å²) in [6, 6.07) is 7.85. The summed E-state index contributed by atoms with van der Waals surface area (Å²) in [5, 5.41) is 0. The lowest BCUT2D eigenvalue weighted by atomic mass is 9.91. The highest BCUT2D eigenvalue weighted by atomic mass is 32.2. The predicted molar refractivity (Wildman–Crippen MR) is 87.0 cm³/mol. The van der Waals surface area contributed by atoms with Crippen LogP contribution >= 0.6 is 11.8 Å². The lowest BCUT2D eigenvalue weighted by Gasteiger charge is -2.39. The summed E-state index contributed by atoms with van der Waals surface area (Å²) in [5.41, 5.74) is 5.78. The van der Waals surface area contributed by atoms with Gasteiger partial charge in [0.15, 0.2) is 5.78 Å². The van der Waals surface area contributed by atoms with E-state index in [1.807, 2.05) is 38.1 Å². The zero-order chi connectivity index (χ0) is 15.3. The van der Waals surface area contributed by atoms with Gasteiger partial charge >= 0.3 is 0 Å². The lowest BCUT2D eigenvalue weighted by Crippen LogP contribution is -2.54. The molecule has 0 atom stereocenters. The Morgan fingerprint density at radius 2 is 1.90 bits per heavy atom. The Labute approximate surface area is 131 Å². The third kappa shape index (κ3) is 4.07. The number of nitrogens with two attached hydrogens (primary N) is 1. The van der Waals surface area contributed by atoms with E-state index in [0.29, 0.717) is 19.8 Å². The molecular formula is C16H24N2O2S. The Balaban J connectivity index is 2.07. The summed E-state index contributed by atoms with van der Waals surface area (Å²) in [6.45, 7) is 7.67. The first kappa shape index (κ1) is 16.5. The fraction of sp³-hybridized carbons (Fsp3) is 0.562. The van der Waals surface area contributed by atoms with Crippen LogP contribution < -0.4 is 5.73 Å². The summed E-state index contributed by atoms with van der Waals surface area (Å²) < 4.78 is 5.37. The van der Waals surface area contributed by atoms with Gasteiger partial charge in [-0.2, -0.15) is 0 Å². The van der Waals surface area contributed by atoms with Gasteiger partial charge in [0.2, 0.25) is 0 Å². The number of carbonyl (C=O) groups excluding carboxylic acids is 1. The third-order valence-corrected chi connectivity index (χ3v) is 4.91. The minimum absolute atomic E-state index is 0.166. The van der Waals surface area contributed by atoms with Crippen molar-refractivity contribution in [1.82, 2.24) is 4.90 Å². The van der Waals surface area contributed by atoms with Gasteiger partial charge in [0, 0.05) is 35.8 Å². The molecule has 1 aliphatic heterocycles. The Morgan fingerprint density at radius 1 is 1.29 bits per heavy atom. The number of hydrogen-bond donors (Lipinski definition) is 1. The van der Waals surface area contributed by atoms with Gasteiger partial charge in [0.25, 0.3) is 0 Å². The van der Waals surface area contributed by atoms with Crippen LogP contribution in [0.5, 0.6) is 0 Å². The van der Waals surface area contributed by atoms with Crippen LogP contribution in [0.4, 0.5) is 0 Å². The first-order valence-corrected chi connectivity index (χ1v) is 8.35. The highest BCUT2D eigenvalue weighted by Crippen LogP contribution is 2.24. The summed E-state index contributed by atoms with van der Waals surface area (Å²) in [5.74, 6) is 1.06. The van der Waals surface area contributed by atoms with Crippen LogP contribution in [0, 0.1) is 0 Å². The van der Waals surface area contributed by atoms with Crippen molar-refractivity contribution < 1.29 is 9.53 Å². The molecule has 21 heavy (non-hydrogen) atoms. The van der Waals surface area contributed by atoms with Crippen molar-refractivity contribution in [3.63, 3.8) is 0 Å². The minimum Gasteiger partial charge on any atom is -0.379 e. The first-order valence-electron chi connectivity index (χ1n) is 7.36. The Morgan fingerprint density at radius 3 is 2.48 bits per heavy atom. The smallest absolute Gasteiger partial charge is 0.182 e. The van der Waals surface area contributed by atoms with E-state index in [0.717, 1.165) is 29.3 Å². The fourth-order valence-electron chi connectivity index (χ4n) is 2.50. The minimum atomic E-state index is -0.490. The molecule has 0 aromatic heterocycles. The average molecular weight is 308 g/mol. The highest BCUT2D eigenvalue weighted by molar-refractivity contribution is 7.99. The molecule has 2 N–H and O–H groups in total. The van der Waals surface area contributed by atoms with Crippen molar-refractivity contribution in [3.05, 3.63) is 29.8 Å². The molecule has 0 radical (unpaired) electrons. The quantitative estimate of drug-likeness (QED) is 0.644. The zero-order valence-corrected chi connectivity index (χ0v) is 13.6. The monoisotopic (exact) mass is 308 g/mol. The van der Waals surface area contributed by atoms with Gasteiger partial charge in [0.05, 0.1) is 18.8 Å². The average Bonchev–Trinajstić information content (AvgIpc) is 2.53. The van der Waals surface area contributed by atoms with E-state index in [9.17, 15) is 4.79 Å². The fourth-order valence-corrected chi connectivity index (χ4v) is 3.18. The lowest BCUT2D eigenvalue weighted by molar-refractivity contribution is -0.00430. The molecule has 0 aliphatic carbocycles. The van der Waals surface area contributed by atoms with Crippen LogP contribution in [-0.2, 0) is 4.74 Å². The molecule has 1 aromatic carbocycles. The summed E-state index contributed by atoms with van der Waals surface area (Å²) >= 11 is 1.71. The Kier molecular flexibility index (Phi) is 5.81. The molecule has 1 fully saturated rings. The number of benzene rings is 1. The molecule has 0 unspecified atom stereocenters. The number of Topliss-reactive ketones (excluding diaryl/α,β-unsaturated/α-hetero) is 1. The zero-order valence-electron chi connectivity index (χ0n) is 12.8. The van der Waals surface area contributed by atoms with Crippen molar-refractivity contribution in [2.75, 3.05) is 38.6 Å². The molecule has 1 heterocycles. The van der Waals surface area contributed by atoms with Crippen molar-refractivity contribution in [1.29, 1.82) is 0 Å². The van der Waals surface area contributed by atoms with E-state index in [4.69, 9.17) is 10.5 Å². The third-order valence-electron chi connectivity index (χ3n) is 3.86. The number of rotatable bonds is 6. The number of thioether (sulfide) groups is 1.